The van der Waals surface area contributed by atoms with Gasteiger partial charge in [-0.1, -0.05) is 29.8 Å². The molecule has 2 amide bonds. The largest absolute Gasteiger partial charge is 0.489 e. The lowest BCUT2D eigenvalue weighted by Crippen LogP contribution is -2.37. The highest BCUT2D eigenvalue weighted by Gasteiger charge is 2.25. The van der Waals surface area contributed by atoms with Crippen LogP contribution in [0.25, 0.3) is 0 Å². The molecule has 1 fully saturated rings. The van der Waals surface area contributed by atoms with Gasteiger partial charge in [-0.25, -0.2) is 0 Å². The molecule has 0 atom stereocenters. The minimum atomic E-state index is -0.288. The van der Waals surface area contributed by atoms with Crippen LogP contribution >= 0.6 is 0 Å². The van der Waals surface area contributed by atoms with Gasteiger partial charge in [0.15, 0.2) is 0 Å². The van der Waals surface area contributed by atoms with Gasteiger partial charge in [0.2, 0.25) is 0 Å². The second kappa shape index (κ2) is 9.90. The first-order valence-electron chi connectivity index (χ1n) is 11.3. The molecule has 3 aromatic rings. The summed E-state index contributed by atoms with van der Waals surface area (Å²) in [5, 5.41) is 7.08. The van der Waals surface area contributed by atoms with Crippen molar-refractivity contribution in [3.8, 4) is 5.75 Å². The molecule has 1 N–H and O–H groups in total. The van der Waals surface area contributed by atoms with Crippen molar-refractivity contribution in [2.75, 3.05) is 18.4 Å². The third kappa shape index (κ3) is 5.25. The van der Waals surface area contributed by atoms with E-state index >= 15 is 0 Å². The van der Waals surface area contributed by atoms with Crippen LogP contribution in [0.2, 0.25) is 0 Å². The summed E-state index contributed by atoms with van der Waals surface area (Å²) in [5.41, 5.74) is 4.48. The molecule has 1 saturated heterocycles. The molecule has 0 unspecified atom stereocenters. The van der Waals surface area contributed by atoms with Crippen molar-refractivity contribution in [3.05, 3.63) is 76.6 Å². The predicted molar refractivity (Wildman–Crippen MR) is 128 cm³/mol. The topological polar surface area (TPSA) is 76.5 Å². The molecule has 1 aliphatic rings. The number of aromatic nitrogens is 2. The maximum Gasteiger partial charge on any atom is 0.274 e. The number of piperidine rings is 1. The quantitative estimate of drug-likeness (QED) is 0.605. The number of nitrogens with one attached hydrogen (secondary N) is 1. The normalized spacial score (nSPS) is 13.6. The summed E-state index contributed by atoms with van der Waals surface area (Å²) < 4.78 is 7.49. The monoisotopic (exact) mass is 446 g/mol. The van der Waals surface area contributed by atoms with E-state index in [1.54, 1.807) is 19.2 Å². The highest BCUT2D eigenvalue weighted by molar-refractivity contribution is 6.08. The number of hydrogen-bond acceptors (Lipinski definition) is 4. The van der Waals surface area contributed by atoms with Crippen molar-refractivity contribution in [2.45, 2.75) is 39.7 Å². The number of carbonyl (C=O) groups is 2. The van der Waals surface area contributed by atoms with Crippen LogP contribution in [0, 0.1) is 13.8 Å². The zero-order valence-electron chi connectivity index (χ0n) is 19.4. The highest BCUT2D eigenvalue weighted by Crippen LogP contribution is 2.22. The van der Waals surface area contributed by atoms with Crippen LogP contribution in [-0.2, 0) is 13.7 Å². The molecule has 7 heteroatoms. The standard InChI is InChI=1S/C26H30N4O3/c1-18-10-11-23(19(2)14-18)33-17-20-8-7-9-21(15-20)25(31)28-22-16-27-29(3)24(22)26(32)30-12-5-4-6-13-30/h7-11,14-16H,4-6,12-13,17H2,1-3H3,(H,28,31). The van der Waals surface area contributed by atoms with Crippen molar-refractivity contribution < 1.29 is 14.3 Å². The molecule has 1 aliphatic heterocycles. The average molecular weight is 447 g/mol. The molecular weight excluding hydrogens is 416 g/mol. The van der Waals surface area contributed by atoms with E-state index in [4.69, 9.17) is 4.74 Å². The number of benzene rings is 2. The summed E-state index contributed by atoms with van der Waals surface area (Å²) in [5.74, 6) is 0.441. The number of amides is 2. The van der Waals surface area contributed by atoms with Crippen LogP contribution in [0.4, 0.5) is 5.69 Å². The minimum Gasteiger partial charge on any atom is -0.489 e. The second-order valence-corrected chi connectivity index (χ2v) is 8.60. The van der Waals surface area contributed by atoms with E-state index in [1.165, 1.54) is 16.4 Å². The Hall–Kier alpha value is -3.61. The Labute approximate surface area is 194 Å². The fraction of sp³-hybridized carbons (Fsp3) is 0.346. The van der Waals surface area contributed by atoms with Gasteiger partial charge in [-0.15, -0.1) is 0 Å². The third-order valence-corrected chi connectivity index (χ3v) is 5.95. The Morgan fingerprint density at radius 2 is 1.85 bits per heavy atom. The Morgan fingerprint density at radius 3 is 2.61 bits per heavy atom. The highest BCUT2D eigenvalue weighted by atomic mass is 16.5. The first-order valence-corrected chi connectivity index (χ1v) is 11.3. The number of ether oxygens (including phenoxy) is 1. The van der Waals surface area contributed by atoms with Gasteiger partial charge in [0.05, 0.1) is 11.9 Å². The van der Waals surface area contributed by atoms with E-state index in [1.807, 2.05) is 43.0 Å². The van der Waals surface area contributed by atoms with Crippen molar-refractivity contribution >= 4 is 17.5 Å². The molecule has 7 nitrogen and oxygen atoms in total. The van der Waals surface area contributed by atoms with E-state index in [9.17, 15) is 9.59 Å². The van der Waals surface area contributed by atoms with Crippen molar-refractivity contribution in [2.24, 2.45) is 7.05 Å². The van der Waals surface area contributed by atoms with Gasteiger partial charge in [-0.3, -0.25) is 14.3 Å². The Kier molecular flexibility index (Phi) is 6.77. The summed E-state index contributed by atoms with van der Waals surface area (Å²) >= 11 is 0. The van der Waals surface area contributed by atoms with E-state index < -0.39 is 0 Å². The van der Waals surface area contributed by atoms with Gasteiger partial charge < -0.3 is 15.0 Å². The first kappa shape index (κ1) is 22.6. The van der Waals surface area contributed by atoms with Gasteiger partial charge in [0.25, 0.3) is 11.8 Å². The predicted octanol–water partition coefficient (Wildman–Crippen LogP) is 4.49. The van der Waals surface area contributed by atoms with Gasteiger partial charge in [0.1, 0.15) is 18.1 Å². The third-order valence-electron chi connectivity index (χ3n) is 5.95. The SMILES string of the molecule is Cc1ccc(OCc2cccc(C(=O)Nc3cnn(C)c3C(=O)N3CCCCC3)c2)c(C)c1. The summed E-state index contributed by atoms with van der Waals surface area (Å²) in [6.07, 6.45) is 4.68. The molecule has 0 aliphatic carbocycles. The maximum atomic E-state index is 13.0. The van der Waals surface area contributed by atoms with E-state index in [-0.39, 0.29) is 11.8 Å². The van der Waals surface area contributed by atoms with Crippen LogP contribution in [0.15, 0.2) is 48.7 Å². The van der Waals surface area contributed by atoms with Crippen LogP contribution in [-0.4, -0.2) is 39.6 Å². The first-order chi connectivity index (χ1) is 15.9. The fourth-order valence-corrected chi connectivity index (χ4v) is 4.15. The van der Waals surface area contributed by atoms with Gasteiger partial charge in [-0.05, 0) is 62.4 Å². The summed E-state index contributed by atoms with van der Waals surface area (Å²) in [7, 11) is 1.72. The van der Waals surface area contributed by atoms with E-state index in [0.29, 0.717) is 23.6 Å². The lowest BCUT2D eigenvalue weighted by Gasteiger charge is -2.27. The molecule has 0 bridgehead atoms. The number of anilines is 1. The van der Waals surface area contributed by atoms with Crippen LogP contribution < -0.4 is 10.1 Å². The molecule has 0 radical (unpaired) electrons. The zero-order chi connectivity index (χ0) is 23.4. The van der Waals surface area contributed by atoms with Crippen LogP contribution in [0.3, 0.4) is 0 Å². The minimum absolute atomic E-state index is 0.0966. The number of rotatable bonds is 6. The average Bonchev–Trinajstić information content (AvgIpc) is 3.18. The number of likely N-dealkylation sites (tertiary alicyclic amines) is 1. The molecule has 33 heavy (non-hydrogen) atoms. The van der Waals surface area contributed by atoms with E-state index in [0.717, 1.165) is 49.2 Å². The summed E-state index contributed by atoms with van der Waals surface area (Å²) in [4.78, 5) is 27.9. The van der Waals surface area contributed by atoms with Crippen LogP contribution in [0.5, 0.6) is 5.75 Å². The molecule has 2 aromatic carbocycles. The van der Waals surface area contributed by atoms with Crippen molar-refractivity contribution in [1.82, 2.24) is 14.7 Å². The van der Waals surface area contributed by atoms with E-state index in [2.05, 4.69) is 16.5 Å². The van der Waals surface area contributed by atoms with Crippen molar-refractivity contribution in [3.63, 3.8) is 0 Å². The lowest BCUT2D eigenvalue weighted by molar-refractivity contribution is 0.0714. The van der Waals surface area contributed by atoms with Crippen molar-refractivity contribution in [1.29, 1.82) is 0 Å². The lowest BCUT2D eigenvalue weighted by atomic mass is 10.1. The van der Waals surface area contributed by atoms with Gasteiger partial charge in [-0.2, -0.15) is 5.10 Å². The maximum absolute atomic E-state index is 13.0. The fourth-order valence-electron chi connectivity index (χ4n) is 4.15. The van der Waals surface area contributed by atoms with Gasteiger partial charge in [0, 0.05) is 25.7 Å². The Balaban J connectivity index is 1.45. The number of hydrogen-bond donors (Lipinski definition) is 1. The molecule has 2 heterocycles. The molecular formula is C26H30N4O3. The van der Waals surface area contributed by atoms with Crippen LogP contribution in [0.1, 0.15) is 56.8 Å². The smallest absolute Gasteiger partial charge is 0.274 e. The summed E-state index contributed by atoms with van der Waals surface area (Å²) in [6, 6.07) is 13.4. The molecule has 1 aromatic heterocycles. The van der Waals surface area contributed by atoms with Gasteiger partial charge >= 0.3 is 0 Å². The zero-order valence-corrected chi connectivity index (χ0v) is 19.4. The summed E-state index contributed by atoms with van der Waals surface area (Å²) in [6.45, 7) is 5.89. The number of nitrogens with zero attached hydrogens (tertiary/aromatic N) is 3. The Bertz CT molecular complexity index is 1160. The molecule has 0 spiro atoms. The molecule has 4 rings (SSSR count). The molecule has 0 saturated carbocycles. The molecule has 172 valence electrons. The number of carbonyl (C=O) groups excluding carboxylic acids is 2. The second-order valence-electron chi connectivity index (χ2n) is 8.60. The number of aryl methyl sites for hydroxylation is 3. The Morgan fingerprint density at radius 1 is 1.06 bits per heavy atom.